The van der Waals surface area contributed by atoms with Crippen molar-refractivity contribution in [2.45, 2.75) is 45.6 Å². The zero-order valence-corrected chi connectivity index (χ0v) is 11.8. The Morgan fingerprint density at radius 1 is 1.35 bits per heavy atom. The van der Waals surface area contributed by atoms with Crippen LogP contribution in [0.4, 0.5) is 0 Å². The molecule has 0 aromatic carbocycles. The third-order valence-corrected chi connectivity index (χ3v) is 3.74. The lowest BCUT2D eigenvalue weighted by atomic mass is 9.75. The number of carboxylic acids is 1. The molecule has 20 heavy (non-hydrogen) atoms. The fourth-order valence-electron chi connectivity index (χ4n) is 2.76. The Morgan fingerprint density at radius 2 is 2.05 bits per heavy atom. The summed E-state index contributed by atoms with van der Waals surface area (Å²) in [6.45, 7) is 4.41. The zero-order chi connectivity index (χ0) is 14.8. The second-order valence-electron chi connectivity index (χ2n) is 6.14. The standard InChI is InChI=1S/C15H20N2O3/c1-15(2)8-4-5-10(9-15)16-13(18)11-6-3-7-12(17-11)14(19)20/h3,6-7,10H,4-5,8-9H2,1-2H3,(H,16,18)(H,19,20). The van der Waals surface area contributed by atoms with Crippen LogP contribution in [0.3, 0.4) is 0 Å². The molecular formula is C15H20N2O3. The number of rotatable bonds is 3. The fraction of sp³-hybridized carbons (Fsp3) is 0.533. The maximum Gasteiger partial charge on any atom is 0.354 e. The van der Waals surface area contributed by atoms with E-state index in [0.29, 0.717) is 0 Å². The number of nitrogens with one attached hydrogen (secondary N) is 1. The number of carbonyl (C=O) groups excluding carboxylic acids is 1. The van der Waals surface area contributed by atoms with Gasteiger partial charge in [-0.05, 0) is 36.8 Å². The fourth-order valence-corrected chi connectivity index (χ4v) is 2.76. The molecular weight excluding hydrogens is 256 g/mol. The number of pyridine rings is 1. The van der Waals surface area contributed by atoms with E-state index in [9.17, 15) is 9.59 Å². The van der Waals surface area contributed by atoms with E-state index < -0.39 is 5.97 Å². The summed E-state index contributed by atoms with van der Waals surface area (Å²) in [7, 11) is 0. The lowest BCUT2D eigenvalue weighted by molar-refractivity contribution is 0.0690. The summed E-state index contributed by atoms with van der Waals surface area (Å²) in [4.78, 5) is 26.9. The van der Waals surface area contributed by atoms with Crippen molar-refractivity contribution in [2.24, 2.45) is 5.41 Å². The molecule has 1 unspecified atom stereocenters. The molecule has 2 N–H and O–H groups in total. The van der Waals surface area contributed by atoms with Crippen molar-refractivity contribution < 1.29 is 14.7 Å². The summed E-state index contributed by atoms with van der Waals surface area (Å²) in [5.74, 6) is -1.42. The summed E-state index contributed by atoms with van der Waals surface area (Å²) in [5, 5.41) is 11.8. The lowest BCUT2D eigenvalue weighted by Gasteiger charge is -2.35. The molecule has 1 fully saturated rings. The average molecular weight is 276 g/mol. The molecule has 0 saturated heterocycles. The highest BCUT2D eigenvalue weighted by Crippen LogP contribution is 2.35. The molecule has 0 spiro atoms. The van der Waals surface area contributed by atoms with Crippen LogP contribution < -0.4 is 5.32 Å². The number of aromatic nitrogens is 1. The third kappa shape index (κ3) is 3.56. The Hall–Kier alpha value is -1.91. The molecule has 1 aromatic rings. The van der Waals surface area contributed by atoms with Crippen molar-refractivity contribution in [1.82, 2.24) is 10.3 Å². The largest absolute Gasteiger partial charge is 0.477 e. The van der Waals surface area contributed by atoms with E-state index in [-0.39, 0.29) is 28.8 Å². The van der Waals surface area contributed by atoms with Crippen molar-refractivity contribution in [3.63, 3.8) is 0 Å². The average Bonchev–Trinajstić information content (AvgIpc) is 2.37. The highest BCUT2D eigenvalue weighted by atomic mass is 16.4. The number of carbonyl (C=O) groups is 2. The van der Waals surface area contributed by atoms with Crippen molar-refractivity contribution in [1.29, 1.82) is 0 Å². The van der Waals surface area contributed by atoms with E-state index in [1.165, 1.54) is 24.6 Å². The monoisotopic (exact) mass is 276 g/mol. The van der Waals surface area contributed by atoms with Gasteiger partial charge in [-0.25, -0.2) is 9.78 Å². The SMILES string of the molecule is CC1(C)CCCC(NC(=O)c2cccc(C(=O)O)n2)C1. The highest BCUT2D eigenvalue weighted by Gasteiger charge is 2.29. The van der Waals surface area contributed by atoms with Crippen LogP contribution >= 0.6 is 0 Å². The molecule has 1 aromatic heterocycles. The molecule has 2 rings (SSSR count). The van der Waals surface area contributed by atoms with Crippen molar-refractivity contribution in [2.75, 3.05) is 0 Å². The van der Waals surface area contributed by atoms with Crippen LogP contribution in [0.5, 0.6) is 0 Å². The first-order chi connectivity index (χ1) is 9.37. The van der Waals surface area contributed by atoms with Crippen LogP contribution in [0.25, 0.3) is 0 Å². The van der Waals surface area contributed by atoms with E-state index in [1.54, 1.807) is 0 Å². The van der Waals surface area contributed by atoms with Crippen LogP contribution in [0.15, 0.2) is 18.2 Å². The number of aromatic carboxylic acids is 1. The molecule has 5 nitrogen and oxygen atoms in total. The van der Waals surface area contributed by atoms with Gasteiger partial charge < -0.3 is 10.4 Å². The molecule has 1 aliphatic carbocycles. The van der Waals surface area contributed by atoms with Crippen molar-refractivity contribution >= 4 is 11.9 Å². The first-order valence-electron chi connectivity index (χ1n) is 6.89. The Bertz CT molecular complexity index is 526. The Morgan fingerprint density at radius 3 is 2.70 bits per heavy atom. The van der Waals surface area contributed by atoms with Gasteiger partial charge in [0.05, 0.1) is 0 Å². The molecule has 1 aliphatic rings. The summed E-state index contributed by atoms with van der Waals surface area (Å²) in [5.41, 5.74) is 0.293. The van der Waals surface area contributed by atoms with Gasteiger partial charge >= 0.3 is 5.97 Å². The molecule has 0 bridgehead atoms. The van der Waals surface area contributed by atoms with E-state index in [1.807, 2.05) is 0 Å². The number of hydrogen-bond donors (Lipinski definition) is 2. The second kappa shape index (κ2) is 5.61. The smallest absolute Gasteiger partial charge is 0.354 e. The van der Waals surface area contributed by atoms with Gasteiger partial charge in [-0.1, -0.05) is 26.3 Å². The number of amides is 1. The molecule has 5 heteroatoms. The van der Waals surface area contributed by atoms with Gasteiger partial charge in [0.2, 0.25) is 0 Å². The van der Waals surface area contributed by atoms with Gasteiger partial charge in [0.15, 0.2) is 0 Å². The van der Waals surface area contributed by atoms with E-state index >= 15 is 0 Å². The van der Waals surface area contributed by atoms with Crippen LogP contribution in [0, 0.1) is 5.41 Å². The van der Waals surface area contributed by atoms with Gasteiger partial charge in [0.25, 0.3) is 5.91 Å². The quantitative estimate of drug-likeness (QED) is 0.889. The van der Waals surface area contributed by atoms with Gasteiger partial charge in [0, 0.05) is 6.04 Å². The molecule has 1 amide bonds. The highest BCUT2D eigenvalue weighted by molar-refractivity contribution is 5.94. The van der Waals surface area contributed by atoms with Gasteiger partial charge in [-0.15, -0.1) is 0 Å². The predicted molar refractivity (Wildman–Crippen MR) is 74.7 cm³/mol. The summed E-state index contributed by atoms with van der Waals surface area (Å²) in [6.07, 6.45) is 4.18. The maximum atomic E-state index is 12.1. The summed E-state index contributed by atoms with van der Waals surface area (Å²) in [6, 6.07) is 4.59. The minimum atomic E-state index is -1.13. The third-order valence-electron chi connectivity index (χ3n) is 3.74. The minimum Gasteiger partial charge on any atom is -0.477 e. The predicted octanol–water partition coefficient (Wildman–Crippen LogP) is 2.48. The minimum absolute atomic E-state index is 0.110. The van der Waals surface area contributed by atoms with E-state index in [2.05, 4.69) is 24.1 Å². The molecule has 1 saturated carbocycles. The van der Waals surface area contributed by atoms with Gasteiger partial charge in [0.1, 0.15) is 11.4 Å². The molecule has 108 valence electrons. The van der Waals surface area contributed by atoms with Crippen molar-refractivity contribution in [3.8, 4) is 0 Å². The molecule has 0 radical (unpaired) electrons. The van der Waals surface area contributed by atoms with Crippen LogP contribution in [-0.2, 0) is 0 Å². The summed E-state index contributed by atoms with van der Waals surface area (Å²) >= 11 is 0. The number of hydrogen-bond acceptors (Lipinski definition) is 3. The molecule has 1 atom stereocenters. The van der Waals surface area contributed by atoms with Crippen LogP contribution in [0.2, 0.25) is 0 Å². The Labute approximate surface area is 118 Å². The van der Waals surface area contributed by atoms with Gasteiger partial charge in [-0.2, -0.15) is 0 Å². The summed E-state index contributed by atoms with van der Waals surface area (Å²) < 4.78 is 0. The number of carboxylic acid groups (broad SMARTS) is 1. The normalized spacial score (nSPS) is 21.2. The lowest BCUT2D eigenvalue weighted by Crippen LogP contribution is -2.41. The van der Waals surface area contributed by atoms with Crippen LogP contribution in [-0.4, -0.2) is 28.0 Å². The Balaban J connectivity index is 2.05. The van der Waals surface area contributed by atoms with Crippen LogP contribution in [0.1, 0.15) is 60.5 Å². The molecule has 0 aliphatic heterocycles. The first-order valence-corrected chi connectivity index (χ1v) is 6.89. The zero-order valence-electron chi connectivity index (χ0n) is 11.8. The molecule has 1 heterocycles. The Kier molecular flexibility index (Phi) is 4.06. The van der Waals surface area contributed by atoms with Crippen molar-refractivity contribution in [3.05, 3.63) is 29.6 Å². The number of nitrogens with zero attached hydrogens (tertiary/aromatic N) is 1. The maximum absolute atomic E-state index is 12.1. The van der Waals surface area contributed by atoms with Gasteiger partial charge in [-0.3, -0.25) is 4.79 Å². The van der Waals surface area contributed by atoms with E-state index in [4.69, 9.17) is 5.11 Å². The second-order valence-corrected chi connectivity index (χ2v) is 6.14. The first kappa shape index (κ1) is 14.5. The topological polar surface area (TPSA) is 79.3 Å². The van der Waals surface area contributed by atoms with E-state index in [0.717, 1.165) is 19.3 Å².